The van der Waals surface area contributed by atoms with Gasteiger partial charge >= 0.3 is 0 Å². The van der Waals surface area contributed by atoms with Gasteiger partial charge in [-0.15, -0.1) is 11.3 Å². The van der Waals surface area contributed by atoms with Crippen LogP contribution in [0.15, 0.2) is 12.1 Å². The summed E-state index contributed by atoms with van der Waals surface area (Å²) in [6.07, 6.45) is -0.449. The van der Waals surface area contributed by atoms with Crippen LogP contribution in [0.2, 0.25) is 4.34 Å². The van der Waals surface area contributed by atoms with E-state index in [0.717, 1.165) is 10.9 Å². The number of ether oxygens (including phenoxy) is 1. The molecule has 5 heteroatoms. The molecular formula is C9H14ClNO2S. The third-order valence-corrected chi connectivity index (χ3v) is 2.90. The molecule has 2 N–H and O–H groups in total. The van der Waals surface area contributed by atoms with Crippen molar-refractivity contribution in [3.8, 4) is 0 Å². The maximum Gasteiger partial charge on any atom is 0.0931 e. The SMILES string of the molecule is COCC(O)CNCc1ccc(Cl)s1. The highest BCUT2D eigenvalue weighted by Crippen LogP contribution is 2.20. The van der Waals surface area contributed by atoms with Gasteiger partial charge in [-0.05, 0) is 12.1 Å². The molecule has 0 saturated carbocycles. The number of halogens is 1. The zero-order valence-electron chi connectivity index (χ0n) is 8.00. The molecule has 1 rings (SSSR count). The molecule has 0 saturated heterocycles. The van der Waals surface area contributed by atoms with Gasteiger partial charge in [-0.3, -0.25) is 0 Å². The van der Waals surface area contributed by atoms with Gasteiger partial charge in [0, 0.05) is 25.1 Å². The highest BCUT2D eigenvalue weighted by Gasteiger charge is 2.03. The third-order valence-electron chi connectivity index (χ3n) is 1.67. The van der Waals surface area contributed by atoms with E-state index in [0.29, 0.717) is 13.2 Å². The molecule has 3 nitrogen and oxygen atoms in total. The predicted octanol–water partition coefficient (Wildman–Crippen LogP) is 1.50. The first kappa shape index (κ1) is 11.9. The summed E-state index contributed by atoms with van der Waals surface area (Å²) in [5.74, 6) is 0. The van der Waals surface area contributed by atoms with Crippen molar-refractivity contribution in [2.45, 2.75) is 12.6 Å². The first-order valence-corrected chi connectivity index (χ1v) is 5.53. The summed E-state index contributed by atoms with van der Waals surface area (Å²) in [5.41, 5.74) is 0. The van der Waals surface area contributed by atoms with Crippen LogP contribution in [-0.2, 0) is 11.3 Å². The first-order chi connectivity index (χ1) is 6.72. The summed E-state index contributed by atoms with van der Waals surface area (Å²) in [7, 11) is 1.57. The summed E-state index contributed by atoms with van der Waals surface area (Å²) in [4.78, 5) is 1.17. The summed E-state index contributed by atoms with van der Waals surface area (Å²) < 4.78 is 5.59. The largest absolute Gasteiger partial charge is 0.389 e. The van der Waals surface area contributed by atoms with Crippen molar-refractivity contribution in [2.24, 2.45) is 0 Å². The van der Waals surface area contributed by atoms with E-state index in [9.17, 15) is 5.11 Å². The number of aliphatic hydroxyl groups excluding tert-OH is 1. The molecule has 0 radical (unpaired) electrons. The van der Waals surface area contributed by atoms with Crippen molar-refractivity contribution in [2.75, 3.05) is 20.3 Å². The lowest BCUT2D eigenvalue weighted by atomic mass is 10.3. The fraction of sp³-hybridized carbons (Fsp3) is 0.556. The number of hydrogen-bond donors (Lipinski definition) is 2. The second-order valence-electron chi connectivity index (χ2n) is 2.95. The van der Waals surface area contributed by atoms with Crippen molar-refractivity contribution >= 4 is 22.9 Å². The molecule has 0 aliphatic carbocycles. The van der Waals surface area contributed by atoms with E-state index in [2.05, 4.69) is 5.32 Å². The quantitative estimate of drug-likeness (QED) is 0.785. The van der Waals surface area contributed by atoms with Crippen LogP contribution in [0.1, 0.15) is 4.88 Å². The van der Waals surface area contributed by atoms with Gasteiger partial charge in [0.2, 0.25) is 0 Å². The van der Waals surface area contributed by atoms with E-state index >= 15 is 0 Å². The minimum absolute atomic E-state index is 0.359. The topological polar surface area (TPSA) is 41.5 Å². The average Bonchev–Trinajstić information content (AvgIpc) is 2.52. The maximum absolute atomic E-state index is 9.32. The first-order valence-electron chi connectivity index (χ1n) is 4.34. The monoisotopic (exact) mass is 235 g/mol. The van der Waals surface area contributed by atoms with Crippen molar-refractivity contribution < 1.29 is 9.84 Å². The number of methoxy groups -OCH3 is 1. The van der Waals surface area contributed by atoms with E-state index in [4.69, 9.17) is 16.3 Å². The van der Waals surface area contributed by atoms with Gasteiger partial charge < -0.3 is 15.2 Å². The predicted molar refractivity (Wildman–Crippen MR) is 58.9 cm³/mol. The second-order valence-corrected chi connectivity index (χ2v) is 4.75. The minimum Gasteiger partial charge on any atom is -0.389 e. The summed E-state index contributed by atoms with van der Waals surface area (Å²) in [5, 5.41) is 12.4. The Hall–Kier alpha value is -0.130. The van der Waals surface area contributed by atoms with Crippen molar-refractivity contribution in [1.29, 1.82) is 0 Å². The maximum atomic E-state index is 9.32. The molecule has 0 amide bonds. The molecule has 0 aliphatic rings. The van der Waals surface area contributed by atoms with Crippen molar-refractivity contribution in [3.63, 3.8) is 0 Å². The van der Waals surface area contributed by atoms with E-state index in [1.807, 2.05) is 12.1 Å². The number of rotatable bonds is 6. The Morgan fingerprint density at radius 1 is 1.64 bits per heavy atom. The molecule has 1 atom stereocenters. The van der Waals surface area contributed by atoms with Crippen molar-refractivity contribution in [1.82, 2.24) is 5.32 Å². The number of aliphatic hydroxyl groups is 1. The molecule has 80 valence electrons. The summed E-state index contributed by atoms with van der Waals surface area (Å²) in [6.45, 7) is 1.62. The Labute approximate surface area is 92.7 Å². The van der Waals surface area contributed by atoms with Gasteiger partial charge in [-0.1, -0.05) is 11.6 Å². The van der Waals surface area contributed by atoms with Gasteiger partial charge in [0.1, 0.15) is 0 Å². The molecule has 0 spiro atoms. The molecule has 1 aromatic rings. The molecule has 0 aromatic carbocycles. The fourth-order valence-electron chi connectivity index (χ4n) is 1.06. The van der Waals surface area contributed by atoms with E-state index in [-0.39, 0.29) is 0 Å². The van der Waals surface area contributed by atoms with Crippen molar-refractivity contribution in [3.05, 3.63) is 21.3 Å². The van der Waals surface area contributed by atoms with E-state index < -0.39 is 6.10 Å². The third kappa shape index (κ3) is 4.39. The normalized spacial score (nSPS) is 13.1. The highest BCUT2D eigenvalue weighted by atomic mass is 35.5. The molecule has 0 fully saturated rings. The van der Waals surface area contributed by atoms with Gasteiger partial charge in [0.25, 0.3) is 0 Å². The molecule has 0 aliphatic heterocycles. The molecule has 1 aromatic heterocycles. The smallest absolute Gasteiger partial charge is 0.0931 e. The Balaban J connectivity index is 2.15. The number of hydrogen-bond acceptors (Lipinski definition) is 4. The second kappa shape index (κ2) is 6.37. The lowest BCUT2D eigenvalue weighted by Crippen LogP contribution is -2.29. The van der Waals surface area contributed by atoms with Crippen LogP contribution in [0, 0.1) is 0 Å². The summed E-state index contributed by atoms with van der Waals surface area (Å²) >= 11 is 7.32. The van der Waals surface area contributed by atoms with Crippen LogP contribution >= 0.6 is 22.9 Å². The lowest BCUT2D eigenvalue weighted by Gasteiger charge is -2.09. The molecule has 1 heterocycles. The Bertz CT molecular complexity index is 267. The standard InChI is InChI=1S/C9H14ClNO2S/c1-13-6-7(12)4-11-5-8-2-3-9(10)14-8/h2-3,7,11-12H,4-6H2,1H3. The Kier molecular flexibility index (Phi) is 5.44. The number of thiophene rings is 1. The molecular weight excluding hydrogens is 222 g/mol. The van der Waals surface area contributed by atoms with Crippen LogP contribution in [0.5, 0.6) is 0 Å². The van der Waals surface area contributed by atoms with Crippen LogP contribution in [0.4, 0.5) is 0 Å². The number of nitrogens with one attached hydrogen (secondary N) is 1. The van der Waals surface area contributed by atoms with Gasteiger partial charge in [0.15, 0.2) is 0 Å². The van der Waals surface area contributed by atoms with Crippen LogP contribution in [0.3, 0.4) is 0 Å². The average molecular weight is 236 g/mol. The molecule has 14 heavy (non-hydrogen) atoms. The fourth-order valence-corrected chi connectivity index (χ4v) is 2.12. The summed E-state index contributed by atoms with van der Waals surface area (Å²) in [6, 6.07) is 3.84. The molecule has 1 unspecified atom stereocenters. The van der Waals surface area contributed by atoms with Crippen LogP contribution in [0.25, 0.3) is 0 Å². The van der Waals surface area contributed by atoms with Crippen LogP contribution in [-0.4, -0.2) is 31.5 Å². The van der Waals surface area contributed by atoms with Gasteiger partial charge in [-0.25, -0.2) is 0 Å². The van der Waals surface area contributed by atoms with E-state index in [1.165, 1.54) is 4.88 Å². The van der Waals surface area contributed by atoms with Gasteiger partial charge in [-0.2, -0.15) is 0 Å². The zero-order valence-corrected chi connectivity index (χ0v) is 9.57. The Morgan fingerprint density at radius 2 is 2.43 bits per heavy atom. The molecule has 0 bridgehead atoms. The highest BCUT2D eigenvalue weighted by molar-refractivity contribution is 7.16. The van der Waals surface area contributed by atoms with Gasteiger partial charge in [0.05, 0.1) is 17.0 Å². The van der Waals surface area contributed by atoms with Crippen LogP contribution < -0.4 is 5.32 Å². The zero-order chi connectivity index (χ0) is 10.4. The van der Waals surface area contributed by atoms with E-state index in [1.54, 1.807) is 18.4 Å². The Morgan fingerprint density at radius 3 is 3.00 bits per heavy atom. The lowest BCUT2D eigenvalue weighted by molar-refractivity contribution is 0.0644. The minimum atomic E-state index is -0.449.